The summed E-state index contributed by atoms with van der Waals surface area (Å²) in [5.74, 6) is 1.59. The standard InChI is InChI=1S/C12H16N4S/c1-12(6-13,8-2-3-8)16-10-9-4-5-17-11(9)15-7-14-10/h4-5,7-8H,2-3,6,13H2,1H3,(H,14,15,16). The minimum atomic E-state index is -0.0385. The van der Waals surface area contributed by atoms with Crippen LogP contribution in [0.25, 0.3) is 10.2 Å². The third kappa shape index (κ3) is 1.89. The summed E-state index contributed by atoms with van der Waals surface area (Å²) in [6, 6.07) is 2.06. The largest absolute Gasteiger partial charge is 0.363 e. The minimum absolute atomic E-state index is 0.0385. The van der Waals surface area contributed by atoms with Crippen LogP contribution in [0.1, 0.15) is 19.8 Å². The van der Waals surface area contributed by atoms with Gasteiger partial charge >= 0.3 is 0 Å². The van der Waals surface area contributed by atoms with E-state index in [1.165, 1.54) is 12.8 Å². The average molecular weight is 248 g/mol. The van der Waals surface area contributed by atoms with Crippen molar-refractivity contribution in [1.29, 1.82) is 0 Å². The van der Waals surface area contributed by atoms with Crippen LogP contribution in [0.2, 0.25) is 0 Å². The molecule has 1 aliphatic rings. The molecule has 5 heteroatoms. The van der Waals surface area contributed by atoms with E-state index in [-0.39, 0.29) is 5.54 Å². The summed E-state index contributed by atoms with van der Waals surface area (Å²) in [4.78, 5) is 9.63. The molecule has 0 aromatic carbocycles. The number of hydrogen-bond donors (Lipinski definition) is 2. The van der Waals surface area contributed by atoms with Crippen LogP contribution in [-0.2, 0) is 0 Å². The van der Waals surface area contributed by atoms with Crippen molar-refractivity contribution < 1.29 is 0 Å². The average Bonchev–Trinajstić information content (AvgIpc) is 3.09. The molecule has 2 heterocycles. The lowest BCUT2D eigenvalue weighted by Crippen LogP contribution is -2.44. The summed E-state index contributed by atoms with van der Waals surface area (Å²) in [6.45, 7) is 2.82. The van der Waals surface area contributed by atoms with Crippen LogP contribution >= 0.6 is 11.3 Å². The van der Waals surface area contributed by atoms with E-state index in [9.17, 15) is 0 Å². The highest BCUT2D eigenvalue weighted by atomic mass is 32.1. The number of fused-ring (bicyclic) bond motifs is 1. The van der Waals surface area contributed by atoms with Gasteiger partial charge in [0.05, 0.1) is 10.9 Å². The zero-order chi connectivity index (χ0) is 11.9. The van der Waals surface area contributed by atoms with Crippen LogP contribution in [-0.4, -0.2) is 22.1 Å². The topological polar surface area (TPSA) is 63.8 Å². The van der Waals surface area contributed by atoms with E-state index < -0.39 is 0 Å². The quantitative estimate of drug-likeness (QED) is 0.871. The molecule has 1 unspecified atom stereocenters. The van der Waals surface area contributed by atoms with Crippen molar-refractivity contribution in [2.75, 3.05) is 11.9 Å². The highest BCUT2D eigenvalue weighted by Crippen LogP contribution is 2.41. The molecule has 1 fully saturated rings. The van der Waals surface area contributed by atoms with Crippen LogP contribution in [0.15, 0.2) is 17.8 Å². The van der Waals surface area contributed by atoms with Crippen molar-refractivity contribution in [3.05, 3.63) is 17.8 Å². The first-order chi connectivity index (χ1) is 8.23. The molecule has 0 spiro atoms. The van der Waals surface area contributed by atoms with Gasteiger partial charge in [-0.1, -0.05) is 0 Å². The second-order valence-corrected chi connectivity index (χ2v) is 5.78. The molecule has 2 aromatic rings. The minimum Gasteiger partial charge on any atom is -0.363 e. The summed E-state index contributed by atoms with van der Waals surface area (Å²) in [6.07, 6.45) is 4.14. The number of rotatable bonds is 4. The summed E-state index contributed by atoms with van der Waals surface area (Å²) in [5.41, 5.74) is 5.87. The summed E-state index contributed by atoms with van der Waals surface area (Å²) in [5, 5.41) is 6.66. The first kappa shape index (κ1) is 10.9. The molecule has 4 nitrogen and oxygen atoms in total. The third-order valence-corrected chi connectivity index (χ3v) is 4.39. The van der Waals surface area contributed by atoms with Crippen molar-refractivity contribution >= 4 is 27.4 Å². The summed E-state index contributed by atoms with van der Waals surface area (Å²) < 4.78 is 0. The lowest BCUT2D eigenvalue weighted by molar-refractivity contribution is 0.458. The number of hydrogen-bond acceptors (Lipinski definition) is 5. The first-order valence-corrected chi connectivity index (χ1v) is 6.77. The zero-order valence-corrected chi connectivity index (χ0v) is 10.6. The van der Waals surface area contributed by atoms with Crippen LogP contribution in [0.5, 0.6) is 0 Å². The van der Waals surface area contributed by atoms with E-state index in [1.807, 2.05) is 5.38 Å². The van der Waals surface area contributed by atoms with Gasteiger partial charge < -0.3 is 11.1 Å². The van der Waals surface area contributed by atoms with Crippen molar-refractivity contribution in [3.63, 3.8) is 0 Å². The van der Waals surface area contributed by atoms with Gasteiger partial charge in [-0.3, -0.25) is 0 Å². The highest BCUT2D eigenvalue weighted by molar-refractivity contribution is 7.16. The fourth-order valence-electron chi connectivity index (χ4n) is 2.20. The van der Waals surface area contributed by atoms with Crippen molar-refractivity contribution in [3.8, 4) is 0 Å². The number of nitrogens with two attached hydrogens (primary N) is 1. The molecule has 0 bridgehead atoms. The van der Waals surface area contributed by atoms with E-state index >= 15 is 0 Å². The predicted molar refractivity (Wildman–Crippen MR) is 71.2 cm³/mol. The van der Waals surface area contributed by atoms with Gasteiger partial charge in [-0.05, 0) is 37.1 Å². The Balaban J connectivity index is 1.96. The molecule has 1 aliphatic carbocycles. The second-order valence-electron chi connectivity index (χ2n) is 4.88. The van der Waals surface area contributed by atoms with Gasteiger partial charge in [-0.2, -0.15) is 0 Å². The maximum absolute atomic E-state index is 5.91. The molecule has 0 radical (unpaired) electrons. The zero-order valence-electron chi connectivity index (χ0n) is 9.81. The van der Waals surface area contributed by atoms with E-state index in [4.69, 9.17) is 5.73 Å². The SMILES string of the molecule is CC(CN)(Nc1ncnc2sccc12)C1CC1. The Bertz CT molecular complexity index is 534. The fraction of sp³-hybridized carbons (Fsp3) is 0.500. The van der Waals surface area contributed by atoms with E-state index in [1.54, 1.807) is 17.7 Å². The molecule has 1 atom stereocenters. The normalized spacial score (nSPS) is 19.2. The molecule has 90 valence electrons. The van der Waals surface area contributed by atoms with Gasteiger partial charge in [0.2, 0.25) is 0 Å². The van der Waals surface area contributed by atoms with E-state index in [0.717, 1.165) is 16.0 Å². The molecule has 0 aliphatic heterocycles. The van der Waals surface area contributed by atoms with Gasteiger partial charge in [0, 0.05) is 6.54 Å². The van der Waals surface area contributed by atoms with Crippen LogP contribution in [0.3, 0.4) is 0 Å². The Morgan fingerprint density at radius 2 is 2.35 bits per heavy atom. The molecule has 0 amide bonds. The monoisotopic (exact) mass is 248 g/mol. The Kier molecular flexibility index (Phi) is 2.52. The number of aromatic nitrogens is 2. The third-order valence-electron chi connectivity index (χ3n) is 3.57. The first-order valence-electron chi connectivity index (χ1n) is 5.89. The van der Waals surface area contributed by atoms with Crippen molar-refractivity contribution in [1.82, 2.24) is 9.97 Å². The van der Waals surface area contributed by atoms with E-state index in [2.05, 4.69) is 28.3 Å². The second kappa shape index (κ2) is 3.92. The van der Waals surface area contributed by atoms with Crippen LogP contribution in [0, 0.1) is 5.92 Å². The van der Waals surface area contributed by atoms with Gasteiger partial charge in [-0.15, -0.1) is 11.3 Å². The molecule has 3 N–H and O–H groups in total. The Morgan fingerprint density at radius 1 is 1.53 bits per heavy atom. The molecule has 17 heavy (non-hydrogen) atoms. The smallest absolute Gasteiger partial charge is 0.138 e. The number of thiophene rings is 1. The Hall–Kier alpha value is -1.20. The van der Waals surface area contributed by atoms with Gasteiger partial charge in [0.25, 0.3) is 0 Å². The van der Waals surface area contributed by atoms with Crippen molar-refractivity contribution in [2.45, 2.75) is 25.3 Å². The van der Waals surface area contributed by atoms with Crippen LogP contribution < -0.4 is 11.1 Å². The predicted octanol–water partition coefficient (Wildman–Crippen LogP) is 2.23. The molecule has 0 saturated heterocycles. The molecular weight excluding hydrogens is 232 g/mol. The van der Waals surface area contributed by atoms with Crippen LogP contribution in [0.4, 0.5) is 5.82 Å². The molecule has 2 aromatic heterocycles. The van der Waals surface area contributed by atoms with E-state index in [0.29, 0.717) is 12.5 Å². The number of nitrogens with zero attached hydrogens (tertiary/aromatic N) is 2. The summed E-state index contributed by atoms with van der Waals surface area (Å²) in [7, 11) is 0. The number of nitrogens with one attached hydrogen (secondary N) is 1. The Labute approximate surface area is 104 Å². The molecule has 3 rings (SSSR count). The highest BCUT2D eigenvalue weighted by Gasteiger charge is 2.40. The number of anilines is 1. The Morgan fingerprint density at radius 3 is 3.06 bits per heavy atom. The lowest BCUT2D eigenvalue weighted by atomic mass is 9.96. The van der Waals surface area contributed by atoms with Crippen molar-refractivity contribution in [2.24, 2.45) is 11.7 Å². The summed E-state index contributed by atoms with van der Waals surface area (Å²) >= 11 is 1.64. The van der Waals surface area contributed by atoms with Gasteiger partial charge in [0.1, 0.15) is 17.0 Å². The fourth-order valence-corrected chi connectivity index (χ4v) is 2.93. The molecule has 1 saturated carbocycles. The maximum atomic E-state index is 5.91. The maximum Gasteiger partial charge on any atom is 0.138 e. The lowest BCUT2D eigenvalue weighted by Gasteiger charge is -2.30. The van der Waals surface area contributed by atoms with Gasteiger partial charge in [-0.25, -0.2) is 9.97 Å². The van der Waals surface area contributed by atoms with Gasteiger partial charge in [0.15, 0.2) is 0 Å². The molecular formula is C12H16N4S.